The predicted octanol–water partition coefficient (Wildman–Crippen LogP) is 5.08. The molecule has 0 unspecified atom stereocenters. The number of nitrogens with zero attached hydrogens (tertiary/aromatic N) is 2. The van der Waals surface area contributed by atoms with Gasteiger partial charge in [0.05, 0.1) is 22.4 Å². The van der Waals surface area contributed by atoms with E-state index in [0.29, 0.717) is 48.6 Å². The topological polar surface area (TPSA) is 74.2 Å². The first-order valence-electron chi connectivity index (χ1n) is 10.1. The zero-order valence-electron chi connectivity index (χ0n) is 17.3. The average Bonchev–Trinajstić information content (AvgIpc) is 3.10. The van der Waals surface area contributed by atoms with Crippen LogP contribution in [0.3, 0.4) is 0 Å². The van der Waals surface area contributed by atoms with Crippen molar-refractivity contribution in [3.8, 4) is 5.75 Å². The van der Waals surface area contributed by atoms with Gasteiger partial charge in [0.2, 0.25) is 0 Å². The van der Waals surface area contributed by atoms with Crippen molar-refractivity contribution in [2.75, 3.05) is 18.4 Å². The number of halogens is 3. The Labute approximate surface area is 187 Å². The number of rotatable bonds is 3. The lowest BCUT2D eigenvalue weighted by atomic mass is 10.1. The minimum atomic E-state index is -4.75. The second-order valence-corrected chi connectivity index (χ2v) is 8.84. The van der Waals surface area contributed by atoms with Crippen molar-refractivity contribution in [1.29, 1.82) is 0 Å². The molecule has 0 bridgehead atoms. The smallest absolute Gasteiger partial charge is 0.406 e. The lowest BCUT2D eigenvalue weighted by molar-refractivity contribution is -0.274. The molecule has 1 fully saturated rings. The molecule has 1 aromatic heterocycles. The number of hydrogen-bond donors (Lipinski definition) is 2. The van der Waals surface area contributed by atoms with Gasteiger partial charge in [0.15, 0.2) is 0 Å². The van der Waals surface area contributed by atoms with Crippen LogP contribution in [0.15, 0.2) is 47.1 Å². The lowest BCUT2D eigenvalue weighted by Crippen LogP contribution is -2.39. The van der Waals surface area contributed by atoms with Gasteiger partial charge in [-0.05, 0) is 50.1 Å². The molecular formula is C22H22F3N3O3S. The second kappa shape index (κ2) is 8.95. The van der Waals surface area contributed by atoms with Crippen molar-refractivity contribution < 1.29 is 27.8 Å². The molecule has 1 aromatic carbocycles. The summed E-state index contributed by atoms with van der Waals surface area (Å²) in [5.41, 5.74) is 3.02. The number of alkyl halides is 3. The van der Waals surface area contributed by atoms with Gasteiger partial charge in [-0.3, -0.25) is 9.79 Å². The number of thiophene rings is 1. The number of aliphatic imine (C=N–C) groups is 1. The molecule has 0 atom stereocenters. The molecule has 0 radical (unpaired) electrons. The number of aliphatic hydroxyl groups excluding tert-OH is 1. The Morgan fingerprint density at radius 3 is 2.59 bits per heavy atom. The van der Waals surface area contributed by atoms with Gasteiger partial charge in [-0.1, -0.05) is 5.57 Å². The van der Waals surface area contributed by atoms with E-state index >= 15 is 0 Å². The van der Waals surface area contributed by atoms with Crippen molar-refractivity contribution >= 4 is 33.6 Å². The van der Waals surface area contributed by atoms with Crippen LogP contribution in [0, 0.1) is 0 Å². The number of ether oxygens (including phenoxy) is 1. The number of likely N-dealkylation sites (tertiary alicyclic amines) is 1. The molecule has 2 aromatic rings. The van der Waals surface area contributed by atoms with Gasteiger partial charge in [0.25, 0.3) is 5.91 Å². The number of hydrogen-bond acceptors (Lipinski definition) is 6. The number of benzene rings is 1. The van der Waals surface area contributed by atoms with E-state index in [0.717, 1.165) is 16.1 Å². The molecular weight excluding hydrogens is 443 g/mol. The largest absolute Gasteiger partial charge is 0.573 e. The van der Waals surface area contributed by atoms with Crippen LogP contribution in [0.25, 0.3) is 0 Å². The molecule has 2 N–H and O–H groups in total. The first kappa shape index (κ1) is 22.3. The van der Waals surface area contributed by atoms with E-state index in [1.807, 2.05) is 19.2 Å². The molecule has 4 rings (SSSR count). The van der Waals surface area contributed by atoms with Crippen LogP contribution in [0.4, 0.5) is 23.9 Å². The summed E-state index contributed by atoms with van der Waals surface area (Å²) < 4.78 is 41.1. The molecule has 2 aliphatic heterocycles. The number of carbonyl (C=O) groups is 1. The number of anilines is 1. The van der Waals surface area contributed by atoms with E-state index in [1.54, 1.807) is 4.90 Å². The summed E-state index contributed by atoms with van der Waals surface area (Å²) >= 11 is 1.34. The summed E-state index contributed by atoms with van der Waals surface area (Å²) in [5.74, 6) is -0.388. The number of fused-ring (bicyclic) bond motifs is 1. The summed E-state index contributed by atoms with van der Waals surface area (Å²) in [6.45, 7) is 2.98. The average molecular weight is 465 g/mol. The lowest BCUT2D eigenvalue weighted by Gasteiger charge is -2.29. The maximum atomic E-state index is 13.0. The molecule has 32 heavy (non-hydrogen) atoms. The van der Waals surface area contributed by atoms with E-state index in [1.165, 1.54) is 35.6 Å². The molecule has 0 saturated carbocycles. The Bertz CT molecular complexity index is 1050. The summed E-state index contributed by atoms with van der Waals surface area (Å²) in [5, 5.41) is 13.7. The quantitative estimate of drug-likeness (QED) is 0.663. The normalized spacial score (nSPS) is 18.6. The first-order valence-corrected chi connectivity index (χ1v) is 11.0. The van der Waals surface area contributed by atoms with Crippen molar-refractivity contribution in [3.63, 3.8) is 0 Å². The Morgan fingerprint density at radius 1 is 1.25 bits per heavy atom. The monoisotopic (exact) mass is 465 g/mol. The number of allylic oxidation sites excluding steroid dienone is 1. The zero-order chi connectivity index (χ0) is 22.9. The first-order chi connectivity index (χ1) is 15.2. The molecule has 10 heteroatoms. The zero-order valence-corrected chi connectivity index (χ0v) is 18.1. The van der Waals surface area contributed by atoms with Gasteiger partial charge in [-0.15, -0.1) is 24.5 Å². The number of carbonyl (C=O) groups excluding carboxylic acids is 1. The Kier molecular flexibility index (Phi) is 6.25. The standard InChI is InChI=1S/C22H22F3N3O3S/c1-13-10-18(27-14-2-4-16(5-3-14)31-22(23,24)25)17-11-19(32-20(17)26-12-13)21(30)28-8-6-15(29)7-9-28/h2-5,11-12,15,26,29H,6-10H2,1H3. The molecule has 0 spiro atoms. The third-order valence-corrected chi connectivity index (χ3v) is 6.29. The van der Waals surface area contributed by atoms with Crippen LogP contribution in [-0.2, 0) is 0 Å². The minimum Gasteiger partial charge on any atom is -0.406 e. The van der Waals surface area contributed by atoms with E-state index in [9.17, 15) is 23.1 Å². The predicted molar refractivity (Wildman–Crippen MR) is 117 cm³/mol. The second-order valence-electron chi connectivity index (χ2n) is 7.79. The molecule has 6 nitrogen and oxygen atoms in total. The van der Waals surface area contributed by atoms with Crippen LogP contribution in [0.1, 0.15) is 41.4 Å². The van der Waals surface area contributed by atoms with E-state index < -0.39 is 6.36 Å². The summed E-state index contributed by atoms with van der Waals surface area (Å²) in [7, 11) is 0. The van der Waals surface area contributed by atoms with Gasteiger partial charge in [-0.25, -0.2) is 0 Å². The van der Waals surface area contributed by atoms with Crippen LogP contribution in [-0.4, -0.2) is 47.2 Å². The highest BCUT2D eigenvalue weighted by molar-refractivity contribution is 7.18. The summed E-state index contributed by atoms with van der Waals surface area (Å²) in [4.78, 5) is 19.9. The maximum Gasteiger partial charge on any atom is 0.573 e. The molecule has 1 saturated heterocycles. The molecule has 3 heterocycles. The van der Waals surface area contributed by atoms with Crippen molar-refractivity contribution in [2.45, 2.75) is 38.7 Å². The Balaban J connectivity index is 1.60. The van der Waals surface area contributed by atoms with Crippen LogP contribution in [0.5, 0.6) is 5.75 Å². The summed E-state index contributed by atoms with van der Waals surface area (Å²) in [6, 6.07) is 7.18. The molecule has 2 aliphatic rings. The van der Waals surface area contributed by atoms with Gasteiger partial charge >= 0.3 is 6.36 Å². The van der Waals surface area contributed by atoms with Gasteiger partial charge in [0.1, 0.15) is 10.8 Å². The SMILES string of the molecule is CC1=CNc2sc(C(=O)N3CCC(O)CC3)cc2C(=Nc2ccc(OC(F)(F)F)cc2)C1. The van der Waals surface area contributed by atoms with Gasteiger partial charge in [0, 0.05) is 31.3 Å². The fourth-order valence-corrected chi connectivity index (χ4v) is 4.64. The van der Waals surface area contributed by atoms with E-state index in [2.05, 4.69) is 15.0 Å². The third-order valence-electron chi connectivity index (χ3n) is 5.24. The Hall–Kier alpha value is -2.85. The number of piperidine rings is 1. The molecule has 1 amide bonds. The minimum absolute atomic E-state index is 0.0783. The van der Waals surface area contributed by atoms with Crippen LogP contribution in [0.2, 0.25) is 0 Å². The highest BCUT2D eigenvalue weighted by atomic mass is 32.1. The van der Waals surface area contributed by atoms with E-state index in [4.69, 9.17) is 0 Å². The highest BCUT2D eigenvalue weighted by Gasteiger charge is 2.31. The number of nitrogens with one attached hydrogen (secondary N) is 1. The van der Waals surface area contributed by atoms with Crippen molar-refractivity contribution in [3.05, 3.63) is 52.5 Å². The van der Waals surface area contributed by atoms with Gasteiger partial charge < -0.3 is 20.1 Å². The third kappa shape index (κ3) is 5.31. The highest BCUT2D eigenvalue weighted by Crippen LogP contribution is 2.35. The van der Waals surface area contributed by atoms with Crippen LogP contribution >= 0.6 is 11.3 Å². The number of aliphatic hydroxyl groups is 1. The Morgan fingerprint density at radius 2 is 1.94 bits per heavy atom. The summed E-state index contributed by atoms with van der Waals surface area (Å²) in [6.07, 6.45) is -1.58. The van der Waals surface area contributed by atoms with Crippen LogP contribution < -0.4 is 10.1 Å². The van der Waals surface area contributed by atoms with Gasteiger partial charge in [-0.2, -0.15) is 0 Å². The fraction of sp³-hybridized carbons (Fsp3) is 0.364. The fourth-order valence-electron chi connectivity index (χ4n) is 3.62. The van der Waals surface area contributed by atoms with E-state index in [-0.39, 0.29) is 17.8 Å². The molecule has 170 valence electrons. The molecule has 0 aliphatic carbocycles. The van der Waals surface area contributed by atoms with Crippen molar-refractivity contribution in [1.82, 2.24) is 4.90 Å². The van der Waals surface area contributed by atoms with Crippen molar-refractivity contribution in [2.24, 2.45) is 4.99 Å². The number of amides is 1. The maximum absolute atomic E-state index is 13.0.